The molecule has 0 saturated heterocycles. The Hall–Kier alpha value is -2.08. The van der Waals surface area contributed by atoms with E-state index in [0.717, 1.165) is 10.0 Å². The number of ether oxygens (including phenoxy) is 1. The highest BCUT2D eigenvalue weighted by Gasteiger charge is 2.16. The zero-order valence-electron chi connectivity index (χ0n) is 13.3. The Morgan fingerprint density at radius 3 is 2.70 bits per heavy atom. The molecule has 122 valence electrons. The second kappa shape index (κ2) is 7.00. The average molecular weight is 379 g/mol. The van der Waals surface area contributed by atoms with Crippen molar-refractivity contribution in [2.45, 2.75) is 32.9 Å². The number of rotatable bonds is 3. The molecule has 1 aromatic heterocycles. The van der Waals surface area contributed by atoms with Crippen molar-refractivity contribution < 1.29 is 9.53 Å². The molecule has 0 saturated carbocycles. The highest BCUT2D eigenvalue weighted by Crippen LogP contribution is 2.15. The van der Waals surface area contributed by atoms with Crippen LogP contribution in [-0.4, -0.2) is 16.3 Å². The van der Waals surface area contributed by atoms with Gasteiger partial charge in [0.25, 0.3) is 5.56 Å². The van der Waals surface area contributed by atoms with Gasteiger partial charge in [0.15, 0.2) is 0 Å². The number of hydrogen-bond donors (Lipinski definition) is 1. The van der Waals surface area contributed by atoms with Crippen molar-refractivity contribution >= 4 is 27.7 Å². The topological polar surface area (TPSA) is 60.3 Å². The second-order valence-corrected chi connectivity index (χ2v) is 7.06. The molecule has 1 N–H and O–H groups in total. The van der Waals surface area contributed by atoms with E-state index in [1.807, 2.05) is 39.0 Å². The molecule has 23 heavy (non-hydrogen) atoms. The van der Waals surface area contributed by atoms with Gasteiger partial charge >= 0.3 is 6.09 Å². The number of nitrogens with zero attached hydrogens (tertiary/aromatic N) is 1. The number of anilines is 1. The molecule has 0 spiro atoms. The Labute approximate surface area is 143 Å². The molecule has 2 rings (SSSR count). The lowest BCUT2D eigenvalue weighted by Crippen LogP contribution is -2.27. The van der Waals surface area contributed by atoms with E-state index in [1.165, 1.54) is 6.07 Å². The van der Waals surface area contributed by atoms with E-state index in [2.05, 4.69) is 21.2 Å². The Bertz CT molecular complexity index is 763. The summed E-state index contributed by atoms with van der Waals surface area (Å²) >= 11 is 3.35. The minimum absolute atomic E-state index is 0.0845. The van der Waals surface area contributed by atoms with E-state index in [9.17, 15) is 9.59 Å². The molecule has 0 atom stereocenters. The fourth-order valence-corrected chi connectivity index (χ4v) is 2.37. The lowest BCUT2D eigenvalue weighted by atomic mass is 10.2. The van der Waals surface area contributed by atoms with Gasteiger partial charge in [0.2, 0.25) is 0 Å². The lowest BCUT2D eigenvalue weighted by Gasteiger charge is -2.19. The third kappa shape index (κ3) is 5.56. The maximum Gasteiger partial charge on any atom is 0.412 e. The van der Waals surface area contributed by atoms with E-state index in [4.69, 9.17) is 4.74 Å². The van der Waals surface area contributed by atoms with Crippen LogP contribution in [0.5, 0.6) is 0 Å². The molecule has 1 aromatic carbocycles. The molecule has 0 radical (unpaired) electrons. The van der Waals surface area contributed by atoms with Crippen molar-refractivity contribution in [1.29, 1.82) is 0 Å². The Balaban J connectivity index is 2.12. The van der Waals surface area contributed by atoms with Crippen LogP contribution in [0.1, 0.15) is 26.3 Å². The summed E-state index contributed by atoms with van der Waals surface area (Å²) in [6.45, 7) is 5.84. The molecular formula is C17H19BrN2O3. The van der Waals surface area contributed by atoms with Gasteiger partial charge in [-0.05, 0) is 60.5 Å². The predicted octanol–water partition coefficient (Wildman–Crippen LogP) is 4.01. The summed E-state index contributed by atoms with van der Waals surface area (Å²) in [5.74, 6) is 0. The van der Waals surface area contributed by atoms with Crippen LogP contribution in [0.25, 0.3) is 0 Å². The van der Waals surface area contributed by atoms with Crippen LogP contribution in [-0.2, 0) is 11.3 Å². The first-order chi connectivity index (χ1) is 10.7. The molecule has 6 heteroatoms. The molecule has 0 aliphatic rings. The summed E-state index contributed by atoms with van der Waals surface area (Å²) in [4.78, 5) is 23.6. The molecule has 2 aromatic rings. The van der Waals surface area contributed by atoms with Crippen LogP contribution in [0.15, 0.2) is 51.9 Å². The fourth-order valence-electron chi connectivity index (χ4n) is 1.99. The molecule has 0 aliphatic carbocycles. The van der Waals surface area contributed by atoms with E-state index in [-0.39, 0.29) is 5.56 Å². The molecule has 0 aliphatic heterocycles. The highest BCUT2D eigenvalue weighted by molar-refractivity contribution is 9.10. The van der Waals surface area contributed by atoms with Crippen molar-refractivity contribution in [3.8, 4) is 0 Å². The van der Waals surface area contributed by atoms with Crippen molar-refractivity contribution in [3.05, 3.63) is 63.0 Å². The zero-order chi connectivity index (χ0) is 17.0. The number of benzene rings is 1. The van der Waals surface area contributed by atoms with Gasteiger partial charge in [0, 0.05) is 22.4 Å². The zero-order valence-corrected chi connectivity index (χ0v) is 14.9. The third-order valence-electron chi connectivity index (χ3n) is 2.87. The van der Waals surface area contributed by atoms with Crippen LogP contribution in [0.4, 0.5) is 10.5 Å². The number of carbonyl (C=O) groups excluding carboxylic acids is 1. The quantitative estimate of drug-likeness (QED) is 0.877. The highest BCUT2D eigenvalue weighted by atomic mass is 79.9. The van der Waals surface area contributed by atoms with Gasteiger partial charge in [-0.25, -0.2) is 4.79 Å². The summed E-state index contributed by atoms with van der Waals surface area (Å²) in [6, 6.07) is 10.5. The van der Waals surface area contributed by atoms with Gasteiger partial charge < -0.3 is 9.30 Å². The van der Waals surface area contributed by atoms with Gasteiger partial charge in [-0.15, -0.1) is 0 Å². The number of halogens is 1. The number of carbonyl (C=O) groups is 1. The molecule has 1 heterocycles. The summed E-state index contributed by atoms with van der Waals surface area (Å²) in [5.41, 5.74) is 0.892. The average Bonchev–Trinajstić information content (AvgIpc) is 2.41. The molecule has 0 fully saturated rings. The standard InChI is InChI=1S/C17H19BrN2O3/c1-17(2,3)23-16(22)19-14-6-4-5-12(9-14)10-20-11-13(18)7-8-15(20)21/h4-9,11H,10H2,1-3H3,(H,19,22). The van der Waals surface area contributed by atoms with Crippen LogP contribution in [0.2, 0.25) is 0 Å². The number of nitrogens with one attached hydrogen (secondary N) is 1. The van der Waals surface area contributed by atoms with E-state index < -0.39 is 11.7 Å². The van der Waals surface area contributed by atoms with Crippen molar-refractivity contribution in [3.63, 3.8) is 0 Å². The van der Waals surface area contributed by atoms with Gasteiger partial charge in [0.05, 0.1) is 6.54 Å². The first kappa shape index (κ1) is 17.3. The predicted molar refractivity (Wildman–Crippen MR) is 93.8 cm³/mol. The first-order valence-electron chi connectivity index (χ1n) is 7.18. The molecule has 5 nitrogen and oxygen atoms in total. The van der Waals surface area contributed by atoms with Crippen LogP contribution < -0.4 is 10.9 Å². The number of amides is 1. The third-order valence-corrected chi connectivity index (χ3v) is 3.34. The smallest absolute Gasteiger partial charge is 0.412 e. The summed E-state index contributed by atoms with van der Waals surface area (Å²) in [7, 11) is 0. The largest absolute Gasteiger partial charge is 0.444 e. The minimum atomic E-state index is -0.550. The number of pyridine rings is 1. The Morgan fingerprint density at radius 1 is 1.26 bits per heavy atom. The van der Waals surface area contributed by atoms with E-state index >= 15 is 0 Å². The summed E-state index contributed by atoms with van der Waals surface area (Å²) in [5, 5.41) is 2.69. The van der Waals surface area contributed by atoms with Gasteiger partial charge in [-0.2, -0.15) is 0 Å². The van der Waals surface area contributed by atoms with Crippen LogP contribution in [0.3, 0.4) is 0 Å². The second-order valence-electron chi connectivity index (χ2n) is 6.14. The maximum atomic E-state index is 11.8. The molecule has 0 unspecified atom stereocenters. The van der Waals surface area contributed by atoms with E-state index in [0.29, 0.717) is 12.2 Å². The van der Waals surface area contributed by atoms with E-state index in [1.54, 1.807) is 22.9 Å². The maximum absolute atomic E-state index is 11.8. The van der Waals surface area contributed by atoms with Crippen molar-refractivity contribution in [2.24, 2.45) is 0 Å². The first-order valence-corrected chi connectivity index (χ1v) is 7.97. The van der Waals surface area contributed by atoms with Crippen LogP contribution >= 0.6 is 15.9 Å². The minimum Gasteiger partial charge on any atom is -0.444 e. The van der Waals surface area contributed by atoms with Crippen LogP contribution in [0, 0.1) is 0 Å². The van der Waals surface area contributed by atoms with Gasteiger partial charge in [-0.3, -0.25) is 10.1 Å². The van der Waals surface area contributed by atoms with Crippen molar-refractivity contribution in [1.82, 2.24) is 4.57 Å². The molecular weight excluding hydrogens is 360 g/mol. The Kier molecular flexibility index (Phi) is 5.26. The summed E-state index contributed by atoms with van der Waals surface area (Å²) < 4.78 is 7.65. The number of hydrogen-bond acceptors (Lipinski definition) is 3. The van der Waals surface area contributed by atoms with Gasteiger partial charge in [-0.1, -0.05) is 12.1 Å². The number of aromatic nitrogens is 1. The fraction of sp³-hybridized carbons (Fsp3) is 0.294. The Morgan fingerprint density at radius 2 is 2.00 bits per heavy atom. The van der Waals surface area contributed by atoms with Crippen molar-refractivity contribution in [2.75, 3.05) is 5.32 Å². The summed E-state index contributed by atoms with van der Waals surface area (Å²) in [6.07, 6.45) is 1.23. The molecule has 0 bridgehead atoms. The monoisotopic (exact) mass is 378 g/mol. The lowest BCUT2D eigenvalue weighted by molar-refractivity contribution is 0.0636. The normalized spacial score (nSPS) is 11.1. The SMILES string of the molecule is CC(C)(C)OC(=O)Nc1cccc(Cn2cc(Br)ccc2=O)c1. The van der Waals surface area contributed by atoms with Gasteiger partial charge in [0.1, 0.15) is 5.60 Å². The molecule has 1 amide bonds.